The molecule has 0 radical (unpaired) electrons. The first-order valence-corrected chi connectivity index (χ1v) is 10.0. The van der Waals surface area contributed by atoms with Crippen molar-refractivity contribution in [3.63, 3.8) is 0 Å². The summed E-state index contributed by atoms with van der Waals surface area (Å²) in [5.41, 5.74) is 1.28. The van der Waals surface area contributed by atoms with E-state index in [9.17, 15) is 0 Å². The van der Waals surface area contributed by atoms with Gasteiger partial charge in [-0.25, -0.2) is 4.99 Å². The van der Waals surface area contributed by atoms with Crippen molar-refractivity contribution in [3.05, 3.63) is 22.4 Å². The highest BCUT2D eigenvalue weighted by atomic mass is 127. The number of aliphatic imine (C=N–C) groups is 1. The van der Waals surface area contributed by atoms with Crippen molar-refractivity contribution in [3.8, 4) is 0 Å². The first-order valence-electron chi connectivity index (χ1n) is 9.07. The van der Waals surface area contributed by atoms with Gasteiger partial charge in [-0.05, 0) is 75.0 Å². The molecule has 0 aromatic carbocycles. The lowest BCUT2D eigenvalue weighted by Gasteiger charge is -2.33. The fourth-order valence-corrected chi connectivity index (χ4v) is 3.69. The van der Waals surface area contributed by atoms with Crippen molar-refractivity contribution in [2.75, 3.05) is 26.2 Å². The maximum Gasteiger partial charge on any atom is 0.191 e. The molecule has 1 aliphatic rings. The topological polar surface area (TPSA) is 39.7 Å². The third-order valence-electron chi connectivity index (χ3n) is 4.45. The van der Waals surface area contributed by atoms with E-state index in [2.05, 4.69) is 51.2 Å². The summed E-state index contributed by atoms with van der Waals surface area (Å²) in [4.78, 5) is 7.30. The number of hydrogen-bond donors (Lipinski definition) is 2. The minimum atomic E-state index is 0. The highest BCUT2D eigenvalue weighted by molar-refractivity contribution is 14.0. The summed E-state index contributed by atoms with van der Waals surface area (Å²) < 4.78 is 0. The second-order valence-electron chi connectivity index (χ2n) is 6.34. The maximum atomic E-state index is 4.65. The lowest BCUT2D eigenvalue weighted by atomic mass is 10.0. The van der Waals surface area contributed by atoms with E-state index in [-0.39, 0.29) is 24.0 Å². The SMILES string of the molecule is CCNC(=NCc1ccsc1)NCCCCN1CCCCC1C.I. The van der Waals surface area contributed by atoms with Crippen LogP contribution in [-0.4, -0.2) is 43.1 Å². The molecule has 2 N–H and O–H groups in total. The number of nitrogens with one attached hydrogen (secondary N) is 2. The minimum absolute atomic E-state index is 0. The van der Waals surface area contributed by atoms with Gasteiger partial charge in [0, 0.05) is 19.1 Å². The standard InChI is InChI=1S/C18H32N4S.HI/c1-3-19-18(21-14-17-9-13-23-15-17)20-10-5-7-12-22-11-6-4-8-16(22)2;/h9,13,15-16H,3-8,10-12,14H2,1-2H3,(H2,19,20,21);1H. The molecule has 1 fully saturated rings. The highest BCUT2D eigenvalue weighted by Crippen LogP contribution is 2.16. The number of nitrogens with zero attached hydrogens (tertiary/aromatic N) is 2. The zero-order valence-corrected chi connectivity index (χ0v) is 18.2. The first kappa shape index (κ1) is 21.7. The second-order valence-corrected chi connectivity index (χ2v) is 7.12. The van der Waals surface area contributed by atoms with Crippen LogP contribution in [0.3, 0.4) is 0 Å². The number of rotatable bonds is 8. The average Bonchev–Trinajstić information content (AvgIpc) is 3.07. The molecule has 1 aromatic heterocycles. The second kappa shape index (κ2) is 12.9. The molecule has 0 amide bonds. The lowest BCUT2D eigenvalue weighted by Crippen LogP contribution is -2.39. The molecule has 4 nitrogen and oxygen atoms in total. The summed E-state index contributed by atoms with van der Waals surface area (Å²) in [6.07, 6.45) is 6.62. The third kappa shape index (κ3) is 8.16. The van der Waals surface area contributed by atoms with E-state index < -0.39 is 0 Å². The van der Waals surface area contributed by atoms with Crippen LogP contribution in [0.5, 0.6) is 0 Å². The van der Waals surface area contributed by atoms with E-state index in [1.165, 1.54) is 50.8 Å². The van der Waals surface area contributed by atoms with Crippen LogP contribution in [-0.2, 0) is 6.54 Å². The zero-order valence-electron chi connectivity index (χ0n) is 15.1. The minimum Gasteiger partial charge on any atom is -0.357 e. The van der Waals surface area contributed by atoms with Gasteiger partial charge in [0.25, 0.3) is 0 Å². The molecule has 1 aromatic rings. The summed E-state index contributed by atoms with van der Waals surface area (Å²) in [5, 5.41) is 11.0. The van der Waals surface area contributed by atoms with Crippen molar-refractivity contribution in [2.45, 2.75) is 58.5 Å². The number of unbranched alkanes of at least 4 members (excludes halogenated alkanes) is 1. The number of likely N-dealkylation sites (tertiary alicyclic amines) is 1. The van der Waals surface area contributed by atoms with Gasteiger partial charge in [-0.15, -0.1) is 24.0 Å². The number of halogens is 1. The molecule has 24 heavy (non-hydrogen) atoms. The molecule has 0 saturated carbocycles. The largest absolute Gasteiger partial charge is 0.357 e. The third-order valence-corrected chi connectivity index (χ3v) is 5.18. The van der Waals surface area contributed by atoms with Crippen molar-refractivity contribution >= 4 is 41.3 Å². The van der Waals surface area contributed by atoms with Gasteiger partial charge in [0.1, 0.15) is 0 Å². The molecular weight excluding hydrogens is 431 g/mol. The van der Waals surface area contributed by atoms with E-state index in [0.29, 0.717) is 0 Å². The van der Waals surface area contributed by atoms with E-state index in [1.54, 1.807) is 11.3 Å². The molecular formula is C18H33IN4S. The Hall–Kier alpha value is -0.340. The van der Waals surface area contributed by atoms with Gasteiger partial charge in [0.05, 0.1) is 6.54 Å². The van der Waals surface area contributed by atoms with Crippen LogP contribution in [0.1, 0.15) is 51.5 Å². The van der Waals surface area contributed by atoms with Crippen molar-refractivity contribution in [1.82, 2.24) is 15.5 Å². The molecule has 1 unspecified atom stereocenters. The normalized spacial score (nSPS) is 18.9. The maximum absolute atomic E-state index is 4.65. The molecule has 2 rings (SSSR count). The number of piperidine rings is 1. The zero-order chi connectivity index (χ0) is 16.3. The summed E-state index contributed by atoms with van der Waals surface area (Å²) in [6, 6.07) is 2.92. The van der Waals surface area contributed by atoms with Crippen molar-refractivity contribution < 1.29 is 0 Å². The fourth-order valence-electron chi connectivity index (χ4n) is 3.03. The van der Waals surface area contributed by atoms with Gasteiger partial charge in [0.2, 0.25) is 0 Å². The Morgan fingerprint density at radius 1 is 1.33 bits per heavy atom. The van der Waals surface area contributed by atoms with Crippen LogP contribution in [0.15, 0.2) is 21.8 Å². The predicted molar refractivity (Wildman–Crippen MR) is 117 cm³/mol. The predicted octanol–water partition coefficient (Wildman–Crippen LogP) is 4.08. The lowest BCUT2D eigenvalue weighted by molar-refractivity contribution is 0.158. The van der Waals surface area contributed by atoms with E-state index in [0.717, 1.165) is 31.6 Å². The molecule has 2 heterocycles. The van der Waals surface area contributed by atoms with Gasteiger partial charge < -0.3 is 15.5 Å². The molecule has 138 valence electrons. The first-order chi connectivity index (χ1) is 11.3. The van der Waals surface area contributed by atoms with Crippen LogP contribution in [0.4, 0.5) is 0 Å². The summed E-state index contributed by atoms with van der Waals surface area (Å²) in [6.45, 7) is 9.67. The quantitative estimate of drug-likeness (QED) is 0.264. The van der Waals surface area contributed by atoms with Crippen LogP contribution in [0.25, 0.3) is 0 Å². The summed E-state index contributed by atoms with van der Waals surface area (Å²) in [7, 11) is 0. The number of thiophene rings is 1. The van der Waals surface area contributed by atoms with Crippen LogP contribution >= 0.6 is 35.3 Å². The van der Waals surface area contributed by atoms with Crippen molar-refractivity contribution in [2.24, 2.45) is 4.99 Å². The van der Waals surface area contributed by atoms with E-state index in [1.807, 2.05) is 0 Å². The van der Waals surface area contributed by atoms with Gasteiger partial charge in [0.15, 0.2) is 5.96 Å². The van der Waals surface area contributed by atoms with Gasteiger partial charge >= 0.3 is 0 Å². The average molecular weight is 464 g/mol. The Morgan fingerprint density at radius 2 is 2.21 bits per heavy atom. The Bertz CT molecular complexity index is 450. The molecule has 0 bridgehead atoms. The highest BCUT2D eigenvalue weighted by Gasteiger charge is 2.16. The molecule has 0 aliphatic carbocycles. The smallest absolute Gasteiger partial charge is 0.191 e. The number of guanidine groups is 1. The fraction of sp³-hybridized carbons (Fsp3) is 0.722. The van der Waals surface area contributed by atoms with Crippen LogP contribution in [0.2, 0.25) is 0 Å². The molecule has 1 saturated heterocycles. The Kier molecular flexibility index (Phi) is 11.7. The van der Waals surface area contributed by atoms with Crippen LogP contribution in [0, 0.1) is 0 Å². The summed E-state index contributed by atoms with van der Waals surface area (Å²) in [5.74, 6) is 0.935. The van der Waals surface area contributed by atoms with Gasteiger partial charge in [-0.2, -0.15) is 11.3 Å². The molecule has 1 aliphatic heterocycles. The van der Waals surface area contributed by atoms with Gasteiger partial charge in [-0.1, -0.05) is 6.42 Å². The van der Waals surface area contributed by atoms with Crippen LogP contribution < -0.4 is 10.6 Å². The summed E-state index contributed by atoms with van der Waals surface area (Å²) >= 11 is 1.73. The molecule has 0 spiro atoms. The Labute approximate surface area is 168 Å². The molecule has 6 heteroatoms. The van der Waals surface area contributed by atoms with E-state index in [4.69, 9.17) is 0 Å². The van der Waals surface area contributed by atoms with E-state index >= 15 is 0 Å². The molecule has 1 atom stereocenters. The van der Waals surface area contributed by atoms with Crippen molar-refractivity contribution in [1.29, 1.82) is 0 Å². The monoisotopic (exact) mass is 464 g/mol. The number of hydrogen-bond acceptors (Lipinski definition) is 3. The Morgan fingerprint density at radius 3 is 2.92 bits per heavy atom. The Balaban J connectivity index is 0.00000288. The van der Waals surface area contributed by atoms with Gasteiger partial charge in [-0.3, -0.25) is 0 Å².